The van der Waals surface area contributed by atoms with Gasteiger partial charge in [0.05, 0.1) is 30.1 Å². The van der Waals surface area contributed by atoms with Gasteiger partial charge in [0, 0.05) is 42.6 Å². The molecule has 0 bridgehead atoms. The van der Waals surface area contributed by atoms with Crippen molar-refractivity contribution in [1.29, 1.82) is 0 Å². The van der Waals surface area contributed by atoms with Crippen LogP contribution in [0.5, 0.6) is 0 Å². The van der Waals surface area contributed by atoms with Crippen LogP contribution >= 0.6 is 30.7 Å². The second kappa shape index (κ2) is 15.3. The Labute approximate surface area is 258 Å². The number of carbonyl (C=O) groups is 1. The van der Waals surface area contributed by atoms with E-state index in [1.807, 2.05) is 32.0 Å². The zero-order valence-electron chi connectivity index (χ0n) is 23.8. The largest absolute Gasteiger partial charge is 0.759 e. The molecule has 3 aromatic rings. The van der Waals surface area contributed by atoms with Gasteiger partial charge in [-0.1, -0.05) is 35.1 Å². The first-order valence-corrected chi connectivity index (χ1v) is 17.0. The highest BCUT2D eigenvalue weighted by molar-refractivity contribution is 7.79. The number of hydrogen-bond donors (Lipinski definition) is 2. The average molecular weight is 676 g/mol. The van der Waals surface area contributed by atoms with Crippen LogP contribution in [0, 0.1) is 13.8 Å². The number of nitrogens with zero attached hydrogens (tertiary/aromatic N) is 5. The van der Waals surface area contributed by atoms with Gasteiger partial charge in [0.2, 0.25) is 0 Å². The van der Waals surface area contributed by atoms with Gasteiger partial charge in [-0.3, -0.25) is 22.3 Å². The molecule has 2 N–H and O–H groups in total. The number of piperazine rings is 1. The number of aromatic nitrogens is 3. The number of para-hydroxylation sites is 1. The van der Waals surface area contributed by atoms with Gasteiger partial charge < -0.3 is 24.6 Å². The highest BCUT2D eigenvalue weighted by atomic mass is 35.5. The molecule has 0 spiro atoms. The van der Waals surface area contributed by atoms with Gasteiger partial charge in [0.15, 0.2) is 5.13 Å². The number of nitrogens with one attached hydrogen (secondary N) is 2. The summed E-state index contributed by atoms with van der Waals surface area (Å²) in [6.45, 7) is 10.2. The van der Waals surface area contributed by atoms with Crippen LogP contribution in [0.3, 0.4) is 0 Å². The lowest BCUT2D eigenvalue weighted by Gasteiger charge is -2.37. The van der Waals surface area contributed by atoms with Crippen molar-refractivity contribution in [2.45, 2.75) is 27.7 Å². The summed E-state index contributed by atoms with van der Waals surface area (Å²) in [4.78, 5) is 28.7. The van der Waals surface area contributed by atoms with E-state index in [1.165, 1.54) is 17.5 Å². The van der Waals surface area contributed by atoms with Gasteiger partial charge in [-0.05, 0) is 39.3 Å². The monoisotopic (exact) mass is 675 g/mol. The third-order valence-electron chi connectivity index (χ3n) is 5.76. The fraction of sp³-hybridized carbons (Fsp3) is 0.417. The number of rotatable bonds is 10. The van der Waals surface area contributed by atoms with E-state index in [2.05, 4.69) is 30.5 Å². The fourth-order valence-electron chi connectivity index (χ4n) is 3.99. The molecule has 0 atom stereocenters. The van der Waals surface area contributed by atoms with Crippen LogP contribution in [-0.4, -0.2) is 82.4 Å². The highest BCUT2D eigenvalue weighted by Gasteiger charge is 2.35. The molecule has 4 rings (SSSR count). The molecule has 1 aromatic carbocycles. The van der Waals surface area contributed by atoms with Crippen molar-refractivity contribution in [2.24, 2.45) is 0 Å². The Morgan fingerprint density at radius 2 is 1.74 bits per heavy atom. The lowest BCUT2D eigenvalue weighted by molar-refractivity contribution is 0.103. The van der Waals surface area contributed by atoms with Gasteiger partial charge in [-0.2, -0.15) is 0 Å². The number of amides is 1. The summed E-state index contributed by atoms with van der Waals surface area (Å²) in [6, 6.07) is 7.28. The Balaban J connectivity index is 0.000000934. The van der Waals surface area contributed by atoms with Crippen molar-refractivity contribution in [3.05, 3.63) is 51.7 Å². The minimum absolute atomic E-state index is 0.291. The first-order valence-electron chi connectivity index (χ1n) is 12.9. The molecule has 1 fully saturated rings. The maximum atomic E-state index is 13.1. The lowest BCUT2D eigenvalue weighted by atomic mass is 10.2. The molecule has 0 saturated carbocycles. The summed E-state index contributed by atoms with van der Waals surface area (Å²) < 4.78 is 59.9. The summed E-state index contributed by atoms with van der Waals surface area (Å²) in [6.07, 6.45) is 1.51. The van der Waals surface area contributed by atoms with E-state index in [0.29, 0.717) is 71.8 Å². The molecule has 0 radical (unpaired) electrons. The van der Waals surface area contributed by atoms with E-state index in [4.69, 9.17) is 38.2 Å². The topological polar surface area (TPSA) is 202 Å². The molecule has 1 saturated heterocycles. The van der Waals surface area contributed by atoms with E-state index in [-0.39, 0.29) is 5.91 Å². The Morgan fingerprint density at radius 3 is 2.33 bits per heavy atom. The number of halogens is 1. The first-order chi connectivity index (χ1) is 20.2. The molecule has 3 heterocycles. The highest BCUT2D eigenvalue weighted by Crippen LogP contribution is 2.52. The fourth-order valence-corrected chi connectivity index (χ4v) is 6.70. The molecular formula is C24H31ClN7O8PS2-2. The second-order valence-corrected chi connectivity index (χ2v) is 13.1. The summed E-state index contributed by atoms with van der Waals surface area (Å²) in [7, 11) is -8.46. The third kappa shape index (κ3) is 10.4. The molecule has 15 nitrogen and oxygen atoms in total. The minimum atomic E-state index is -5.17. The predicted molar refractivity (Wildman–Crippen MR) is 161 cm³/mol. The maximum Gasteiger partial charge on any atom is 0.408 e. The van der Waals surface area contributed by atoms with Crippen LogP contribution in [0.4, 0.5) is 22.5 Å². The van der Waals surface area contributed by atoms with Crippen LogP contribution in [-0.2, 0) is 24.0 Å². The molecule has 0 aliphatic carbocycles. The van der Waals surface area contributed by atoms with E-state index in [1.54, 1.807) is 24.6 Å². The standard InChI is InChI=1S/C24H31ClN7O4PS.H2O4S/c1-5-35-37(34,36-6-2)32-12-10-31(11-13-32)21-14-20(27-17(4)28-21)29-24-26-15-19(38-24)23(33)30-22-16(3)8-7-9-18(22)25;1-5(2,3)4/h7-9,14-15H,5-6,10-13H2,1-4H3,(H,30,33)(H,26,27,28,29);(H2,1,2,3,4)/p-2. The number of carbonyl (C=O) groups excluding carboxylic acids is 1. The molecule has 0 unspecified atom stereocenters. The quantitative estimate of drug-likeness (QED) is 0.176. The molecule has 1 amide bonds. The summed E-state index contributed by atoms with van der Waals surface area (Å²) in [5.74, 6) is 1.60. The molecule has 2 aromatic heterocycles. The Bertz CT molecular complexity index is 1530. The van der Waals surface area contributed by atoms with Crippen molar-refractivity contribution < 1.29 is 35.9 Å². The average Bonchev–Trinajstić information content (AvgIpc) is 3.38. The molecular weight excluding hydrogens is 645 g/mol. The predicted octanol–water partition coefficient (Wildman–Crippen LogP) is 4.16. The molecule has 1 aliphatic heterocycles. The van der Waals surface area contributed by atoms with Crippen LogP contribution in [0.15, 0.2) is 30.5 Å². The van der Waals surface area contributed by atoms with Gasteiger partial charge >= 0.3 is 7.75 Å². The minimum Gasteiger partial charge on any atom is -0.759 e. The molecule has 19 heteroatoms. The van der Waals surface area contributed by atoms with Gasteiger partial charge in [-0.15, -0.1) is 0 Å². The molecule has 43 heavy (non-hydrogen) atoms. The van der Waals surface area contributed by atoms with Crippen molar-refractivity contribution in [1.82, 2.24) is 19.6 Å². The number of thiazole rings is 1. The summed E-state index contributed by atoms with van der Waals surface area (Å²) in [5, 5.41) is 7.04. The normalized spacial score (nSPS) is 14.2. The number of benzene rings is 1. The molecule has 236 valence electrons. The van der Waals surface area contributed by atoms with Crippen LogP contribution in [0.25, 0.3) is 0 Å². The van der Waals surface area contributed by atoms with Gasteiger partial charge in [0.25, 0.3) is 5.91 Å². The number of anilines is 4. The van der Waals surface area contributed by atoms with Crippen LogP contribution < -0.4 is 15.5 Å². The van der Waals surface area contributed by atoms with E-state index < -0.39 is 18.1 Å². The van der Waals surface area contributed by atoms with Crippen molar-refractivity contribution in [3.63, 3.8) is 0 Å². The smallest absolute Gasteiger partial charge is 0.408 e. The number of hydrogen-bond acceptors (Lipinski definition) is 14. The van der Waals surface area contributed by atoms with Crippen molar-refractivity contribution in [2.75, 3.05) is 54.9 Å². The second-order valence-electron chi connectivity index (χ2n) is 8.85. The lowest BCUT2D eigenvalue weighted by Crippen LogP contribution is -2.45. The summed E-state index contributed by atoms with van der Waals surface area (Å²) in [5.41, 5.74) is 1.45. The van der Waals surface area contributed by atoms with Crippen molar-refractivity contribution in [3.8, 4) is 0 Å². The zero-order valence-corrected chi connectivity index (χ0v) is 27.1. The SMILES string of the molecule is CCOP(=O)(OCC)N1CCN(c2cc(Nc3ncc(C(=O)Nc4c(C)cccc4Cl)s3)nc(C)n2)CC1.O=S(=O)([O-])[O-]. The van der Waals surface area contributed by atoms with E-state index in [0.717, 1.165) is 11.4 Å². The van der Waals surface area contributed by atoms with Crippen LogP contribution in [0.2, 0.25) is 5.02 Å². The zero-order chi connectivity index (χ0) is 31.8. The first kappa shape index (κ1) is 34.8. The maximum absolute atomic E-state index is 13.1. The third-order valence-corrected chi connectivity index (χ3v) is 9.25. The molecule has 1 aliphatic rings. The Hall–Kier alpha value is -2.73. The Morgan fingerprint density at radius 1 is 1.12 bits per heavy atom. The van der Waals surface area contributed by atoms with Crippen LogP contribution in [0.1, 0.15) is 34.9 Å². The Kier molecular flexibility index (Phi) is 12.4. The van der Waals surface area contributed by atoms with Gasteiger partial charge in [0.1, 0.15) is 22.3 Å². The number of aryl methyl sites for hydroxylation is 2. The van der Waals surface area contributed by atoms with E-state index >= 15 is 0 Å². The van der Waals surface area contributed by atoms with Gasteiger partial charge in [-0.25, -0.2) is 24.2 Å². The van der Waals surface area contributed by atoms with Crippen molar-refractivity contribution >= 4 is 69.4 Å². The van der Waals surface area contributed by atoms with E-state index in [9.17, 15) is 9.36 Å². The summed E-state index contributed by atoms with van der Waals surface area (Å²) >= 11 is 7.45.